The summed E-state index contributed by atoms with van der Waals surface area (Å²) in [5.41, 5.74) is 14.9. The molecule has 3 aliphatic heterocycles. The van der Waals surface area contributed by atoms with Crippen LogP contribution in [-0.4, -0.2) is 116 Å². The second-order valence-electron chi connectivity index (χ2n) is 16.8. The highest BCUT2D eigenvalue weighted by molar-refractivity contribution is 14.1. The van der Waals surface area contributed by atoms with Gasteiger partial charge in [-0.25, -0.2) is 18.7 Å². The van der Waals surface area contributed by atoms with Gasteiger partial charge in [0.1, 0.15) is 34.9 Å². The number of hydrogen-bond acceptors (Lipinski definition) is 14. The molecule has 2 atom stereocenters. The van der Waals surface area contributed by atoms with E-state index in [1.165, 1.54) is 12.1 Å². The molecule has 0 radical (unpaired) electrons. The summed E-state index contributed by atoms with van der Waals surface area (Å²) in [5.74, 6) is 2.44. The lowest BCUT2D eigenvalue weighted by Gasteiger charge is -2.32. The van der Waals surface area contributed by atoms with Crippen molar-refractivity contribution in [1.29, 1.82) is 0 Å². The fourth-order valence-corrected chi connectivity index (χ4v) is 7.31. The summed E-state index contributed by atoms with van der Waals surface area (Å²) in [6.45, 7) is 21.6. The predicted molar refractivity (Wildman–Crippen MR) is 253 cm³/mol. The van der Waals surface area contributed by atoms with Crippen molar-refractivity contribution in [1.82, 2.24) is 9.97 Å². The van der Waals surface area contributed by atoms with Crippen LogP contribution in [0, 0.1) is 29.1 Å². The fourth-order valence-electron chi connectivity index (χ4n) is 6.74. The Balaban J connectivity index is 0.000000181. The number of aliphatic hydroxyl groups is 2. The molecule has 3 saturated heterocycles. The van der Waals surface area contributed by atoms with Gasteiger partial charge in [-0.2, -0.15) is 0 Å². The molecule has 8 N–H and O–H groups in total. The number of halogens is 3. The van der Waals surface area contributed by atoms with Crippen LogP contribution in [0.1, 0.15) is 52.7 Å². The minimum Gasteiger partial charge on any atom is -0.399 e. The molecular weight excluding hydrogens is 912 g/mol. The van der Waals surface area contributed by atoms with Gasteiger partial charge >= 0.3 is 7.12 Å². The van der Waals surface area contributed by atoms with Gasteiger partial charge in [-0.1, -0.05) is 0 Å². The molecular formula is C44H62BF2IN8O6. The predicted octanol–water partition coefficient (Wildman–Crippen LogP) is 5.74. The summed E-state index contributed by atoms with van der Waals surface area (Å²) in [4.78, 5) is 13.7. The molecule has 0 bridgehead atoms. The molecule has 3 fully saturated rings. The number of aromatic nitrogens is 2. The number of pyridine rings is 2. The zero-order valence-corrected chi connectivity index (χ0v) is 39.2. The van der Waals surface area contributed by atoms with Crippen LogP contribution in [0.4, 0.5) is 43.4 Å². The number of aliphatic hydroxyl groups excluding tert-OH is 2. The molecule has 3 aliphatic rings. The molecule has 0 saturated carbocycles. The Labute approximate surface area is 378 Å². The number of hydrogen-bond donors (Lipinski definition) is 6. The molecule has 2 aromatic carbocycles. The smallest absolute Gasteiger partial charge is 0.399 e. The molecule has 18 heteroatoms. The molecule has 5 heterocycles. The Morgan fingerprint density at radius 2 is 1.16 bits per heavy atom. The van der Waals surface area contributed by atoms with E-state index in [0.29, 0.717) is 19.0 Å². The molecule has 2 aromatic heterocycles. The molecule has 7 rings (SSSR count). The maximum absolute atomic E-state index is 13.7. The number of aryl methyl sites for hydroxylation is 2. The summed E-state index contributed by atoms with van der Waals surface area (Å²) in [6, 6.07) is 13.9. The van der Waals surface area contributed by atoms with Gasteiger partial charge in [0, 0.05) is 41.8 Å². The summed E-state index contributed by atoms with van der Waals surface area (Å²) in [5, 5.41) is 24.8. The van der Waals surface area contributed by atoms with E-state index in [2.05, 4.69) is 59.1 Å². The standard InChI is InChI=1S/C19H25FN4O2.C13H19BFNO2.C12H18IN3O2/c1-12-7-16(20)17(21)10-15(12)14-8-18(22-13(2)11-25)23-19(9-14)24-3-5-26-6-4-24;1-8-6-10(15)11(16)7-9(8)14-17-12(2,3)13(4,5)18-14;1-9(8-17)14-11-6-10(13)7-12(15-11)16-2-4-18-5-3-16/h7-10,13,25H,3-6,11,21H2,1-2H3,(H,22,23);6-7H,16H2,1-5H3;6-7,9,17H,2-5,8H2,1H3,(H,14,15)/t13-;;9-/m1.1/s1. The van der Waals surface area contributed by atoms with Crippen molar-refractivity contribution < 1.29 is 37.8 Å². The molecule has 4 aromatic rings. The number of rotatable bonds is 10. The topological polar surface area (TPSA) is 186 Å². The number of anilines is 6. The van der Waals surface area contributed by atoms with Gasteiger partial charge in [0.05, 0.1) is 62.2 Å². The molecule has 0 spiro atoms. The molecule has 62 heavy (non-hydrogen) atoms. The first kappa shape index (κ1) is 49.0. The second kappa shape index (κ2) is 21.6. The van der Waals surface area contributed by atoms with Crippen molar-refractivity contribution in [2.75, 3.05) is 97.7 Å². The average molecular weight is 975 g/mol. The van der Waals surface area contributed by atoms with E-state index in [9.17, 15) is 13.9 Å². The van der Waals surface area contributed by atoms with E-state index in [1.807, 2.05) is 73.6 Å². The number of nitrogen functional groups attached to an aromatic ring is 2. The number of nitrogens with zero attached hydrogens (tertiary/aromatic N) is 4. The minimum atomic E-state index is -0.502. The van der Waals surface area contributed by atoms with E-state index < -0.39 is 30.0 Å². The van der Waals surface area contributed by atoms with Crippen molar-refractivity contribution in [2.45, 2.75) is 78.7 Å². The number of ether oxygens (including phenoxy) is 2. The maximum atomic E-state index is 13.7. The highest BCUT2D eigenvalue weighted by Crippen LogP contribution is 2.37. The summed E-state index contributed by atoms with van der Waals surface area (Å²) in [7, 11) is -0.502. The number of benzene rings is 2. The first-order valence-electron chi connectivity index (χ1n) is 20.9. The van der Waals surface area contributed by atoms with Gasteiger partial charge in [-0.05, 0) is 154 Å². The lowest BCUT2D eigenvalue weighted by Crippen LogP contribution is -2.41. The average Bonchev–Trinajstić information content (AvgIpc) is 3.46. The monoisotopic (exact) mass is 974 g/mol. The van der Waals surface area contributed by atoms with E-state index in [1.54, 1.807) is 12.1 Å². The van der Waals surface area contributed by atoms with E-state index in [0.717, 1.165) is 88.1 Å². The molecule has 338 valence electrons. The van der Waals surface area contributed by atoms with Crippen molar-refractivity contribution in [3.63, 3.8) is 0 Å². The summed E-state index contributed by atoms with van der Waals surface area (Å²) < 4.78 is 50.8. The Hall–Kier alpha value is -4.05. The normalized spacial score (nSPS) is 17.9. The Kier molecular flexibility index (Phi) is 17.0. The van der Waals surface area contributed by atoms with Crippen LogP contribution in [0.15, 0.2) is 48.5 Å². The lowest BCUT2D eigenvalue weighted by molar-refractivity contribution is 0.00578. The SMILES string of the molecule is C[C@H](CO)Nc1cc(I)cc(N2CCOCC2)n1.Cc1cc(F)c(N)cc1-c1cc(N[C@H](C)CO)nc(N2CCOCC2)c1.Cc1cc(F)c(N)cc1B1OC(C)(C)C(C)(C)O1. The highest BCUT2D eigenvalue weighted by Gasteiger charge is 2.52. The largest absolute Gasteiger partial charge is 0.495 e. The number of nitrogens with two attached hydrogens (primary N) is 2. The van der Waals surface area contributed by atoms with E-state index >= 15 is 0 Å². The zero-order chi connectivity index (χ0) is 45.4. The van der Waals surface area contributed by atoms with Gasteiger partial charge in [-0.15, -0.1) is 0 Å². The van der Waals surface area contributed by atoms with Gasteiger partial charge in [-0.3, -0.25) is 0 Å². The summed E-state index contributed by atoms with van der Waals surface area (Å²) in [6.07, 6.45) is 0. The second-order valence-corrected chi connectivity index (χ2v) is 18.0. The van der Waals surface area contributed by atoms with Crippen molar-refractivity contribution in [2.24, 2.45) is 0 Å². The third-order valence-corrected chi connectivity index (χ3v) is 11.8. The first-order chi connectivity index (χ1) is 29.3. The third-order valence-electron chi connectivity index (χ3n) is 11.1. The Bertz CT molecular complexity index is 2110. The number of nitrogens with one attached hydrogen (secondary N) is 2. The Morgan fingerprint density at radius 3 is 1.66 bits per heavy atom. The van der Waals surface area contributed by atoms with Gasteiger partial charge in [0.25, 0.3) is 0 Å². The molecule has 0 amide bonds. The van der Waals surface area contributed by atoms with Crippen LogP contribution in [0.5, 0.6) is 0 Å². The number of morpholine rings is 2. The Morgan fingerprint density at radius 1 is 0.710 bits per heavy atom. The maximum Gasteiger partial charge on any atom is 0.495 e. The quantitative estimate of drug-likeness (QED) is 0.0643. The van der Waals surface area contributed by atoms with Gasteiger partial charge in [0.2, 0.25) is 0 Å². The van der Waals surface area contributed by atoms with Crippen LogP contribution in [0.3, 0.4) is 0 Å². The van der Waals surface area contributed by atoms with E-state index in [-0.39, 0.29) is 36.7 Å². The molecule has 14 nitrogen and oxygen atoms in total. The molecule has 0 aliphatic carbocycles. The van der Waals surface area contributed by atoms with Gasteiger partial charge in [0.15, 0.2) is 0 Å². The van der Waals surface area contributed by atoms with Crippen molar-refractivity contribution in [3.05, 3.63) is 74.9 Å². The van der Waals surface area contributed by atoms with Crippen LogP contribution in [0.2, 0.25) is 0 Å². The summed E-state index contributed by atoms with van der Waals surface area (Å²) >= 11 is 2.29. The van der Waals surface area contributed by atoms with Crippen molar-refractivity contribution >= 4 is 69.8 Å². The van der Waals surface area contributed by atoms with Crippen LogP contribution in [0.25, 0.3) is 11.1 Å². The minimum absolute atomic E-state index is 0.00131. The fraction of sp³-hybridized carbons (Fsp3) is 0.500. The van der Waals surface area contributed by atoms with Crippen LogP contribution >= 0.6 is 22.6 Å². The van der Waals surface area contributed by atoms with Gasteiger partial charge < -0.3 is 60.9 Å². The highest BCUT2D eigenvalue weighted by atomic mass is 127. The van der Waals surface area contributed by atoms with Crippen LogP contribution < -0.4 is 37.4 Å². The zero-order valence-electron chi connectivity index (χ0n) is 37.0. The van der Waals surface area contributed by atoms with E-state index in [4.69, 9.17) is 35.4 Å². The lowest BCUT2D eigenvalue weighted by atomic mass is 9.76. The first-order valence-corrected chi connectivity index (χ1v) is 22.0. The molecule has 0 unspecified atom stereocenters. The van der Waals surface area contributed by atoms with Crippen LogP contribution in [-0.2, 0) is 18.8 Å². The van der Waals surface area contributed by atoms with Crippen molar-refractivity contribution in [3.8, 4) is 11.1 Å². The third kappa shape index (κ3) is 12.8.